The number of phenolic OH excluding ortho intramolecular Hbond substituents is 1. The molecule has 0 bridgehead atoms. The Morgan fingerprint density at radius 1 is 0.867 bits per heavy atom. The Hall–Kier alpha value is -2.62. The van der Waals surface area contributed by atoms with Crippen LogP contribution in [0.15, 0.2) is 41.7 Å². The first-order chi connectivity index (χ1) is 13.7. The molecule has 0 aliphatic heterocycles. The Morgan fingerprint density at radius 3 is 1.93 bits per heavy atom. The van der Waals surface area contributed by atoms with Gasteiger partial charge in [-0.15, -0.1) is 0 Å². The zero-order valence-electron chi connectivity index (χ0n) is 19.8. The number of aliphatic imine (C=N–C) groups is 1. The number of phenols is 1. The first-order valence-electron chi connectivity index (χ1n) is 10.6. The van der Waals surface area contributed by atoms with Crippen molar-refractivity contribution in [3.8, 4) is 5.75 Å². The molecule has 0 fully saturated rings. The van der Waals surface area contributed by atoms with E-state index in [-0.39, 0.29) is 16.4 Å². The van der Waals surface area contributed by atoms with Gasteiger partial charge in [-0.25, -0.2) is 4.98 Å². The molecule has 0 unspecified atom stereocenters. The molecule has 0 spiro atoms. The molecular formula is C26H35N3O. The van der Waals surface area contributed by atoms with Gasteiger partial charge in [0, 0.05) is 22.9 Å². The van der Waals surface area contributed by atoms with Crippen LogP contribution in [0.5, 0.6) is 5.75 Å². The van der Waals surface area contributed by atoms with Crippen molar-refractivity contribution in [2.75, 3.05) is 0 Å². The number of fused-ring (bicyclic) bond motifs is 1. The Labute approximate surface area is 180 Å². The molecule has 3 aromatic rings. The van der Waals surface area contributed by atoms with Crippen LogP contribution in [-0.2, 0) is 16.4 Å². The molecule has 3 rings (SSSR count). The molecule has 1 heterocycles. The van der Waals surface area contributed by atoms with Gasteiger partial charge in [0.15, 0.2) is 0 Å². The summed E-state index contributed by atoms with van der Waals surface area (Å²) in [6.45, 7) is 19.2. The smallest absolute Gasteiger partial charge is 0.123 e. The number of hydrogen-bond acceptors (Lipinski definition) is 3. The van der Waals surface area contributed by atoms with Crippen LogP contribution in [0.1, 0.15) is 79.0 Å². The van der Waals surface area contributed by atoms with Crippen molar-refractivity contribution in [2.45, 2.75) is 78.7 Å². The van der Waals surface area contributed by atoms with Gasteiger partial charge in [-0.3, -0.25) is 4.99 Å². The van der Waals surface area contributed by atoms with Crippen LogP contribution in [0.25, 0.3) is 11.0 Å². The zero-order valence-corrected chi connectivity index (χ0v) is 19.8. The second-order valence-electron chi connectivity index (χ2n) is 11.2. The summed E-state index contributed by atoms with van der Waals surface area (Å²) in [6, 6.07) is 10.2. The number of aromatic nitrogens is 2. The van der Waals surface area contributed by atoms with E-state index in [1.54, 1.807) is 0 Å². The maximum atomic E-state index is 10.9. The molecule has 4 heteroatoms. The highest BCUT2D eigenvalue weighted by Gasteiger charge is 2.26. The normalized spacial score (nSPS) is 13.5. The highest BCUT2D eigenvalue weighted by molar-refractivity contribution is 5.86. The lowest BCUT2D eigenvalue weighted by Gasteiger charge is -2.27. The second-order valence-corrected chi connectivity index (χ2v) is 11.2. The van der Waals surface area contributed by atoms with Crippen LogP contribution >= 0.6 is 0 Å². The number of nitrogens with zero attached hydrogens (tertiary/aromatic N) is 3. The number of benzene rings is 2. The molecule has 2 aromatic carbocycles. The highest BCUT2D eigenvalue weighted by Crippen LogP contribution is 2.39. The van der Waals surface area contributed by atoms with Crippen LogP contribution in [-0.4, -0.2) is 20.9 Å². The summed E-state index contributed by atoms with van der Waals surface area (Å²) in [7, 11) is 0. The van der Waals surface area contributed by atoms with Gasteiger partial charge in [0.25, 0.3) is 0 Å². The van der Waals surface area contributed by atoms with Crippen LogP contribution in [0.4, 0.5) is 5.69 Å². The SMILES string of the molecule is CC(C)(C)c1cc(C=Nc2ccc3c(c2)ncn3C(C)(C)C)cc(C(C)(C)C)c1O. The Bertz CT molecular complexity index is 1060. The quantitative estimate of drug-likeness (QED) is 0.474. The summed E-state index contributed by atoms with van der Waals surface area (Å²) >= 11 is 0. The lowest BCUT2D eigenvalue weighted by Crippen LogP contribution is -2.20. The van der Waals surface area contributed by atoms with E-state index < -0.39 is 0 Å². The summed E-state index contributed by atoms with van der Waals surface area (Å²) in [5.74, 6) is 0.390. The average molecular weight is 406 g/mol. The molecule has 0 aliphatic carbocycles. The lowest BCUT2D eigenvalue weighted by molar-refractivity contribution is 0.408. The fourth-order valence-electron chi connectivity index (χ4n) is 3.64. The molecule has 30 heavy (non-hydrogen) atoms. The molecule has 1 aromatic heterocycles. The molecule has 0 atom stereocenters. The first kappa shape index (κ1) is 22.1. The van der Waals surface area contributed by atoms with Crippen LogP contribution in [0.3, 0.4) is 0 Å². The third-order valence-corrected chi connectivity index (χ3v) is 5.36. The molecule has 0 radical (unpaired) electrons. The lowest BCUT2D eigenvalue weighted by atomic mass is 9.78. The van der Waals surface area contributed by atoms with Crippen molar-refractivity contribution in [3.63, 3.8) is 0 Å². The predicted octanol–water partition coefficient (Wildman–Crippen LogP) is 6.84. The molecule has 4 nitrogen and oxygen atoms in total. The van der Waals surface area contributed by atoms with Crippen molar-refractivity contribution in [3.05, 3.63) is 53.3 Å². The molecule has 1 N–H and O–H groups in total. The fraction of sp³-hybridized carbons (Fsp3) is 0.462. The van der Waals surface area contributed by atoms with E-state index in [0.717, 1.165) is 33.4 Å². The Morgan fingerprint density at radius 2 is 1.43 bits per heavy atom. The van der Waals surface area contributed by atoms with Crippen LogP contribution < -0.4 is 0 Å². The van der Waals surface area contributed by atoms with Gasteiger partial charge in [-0.1, -0.05) is 41.5 Å². The van der Waals surface area contributed by atoms with Crippen LogP contribution in [0, 0.1) is 0 Å². The second kappa shape index (κ2) is 7.26. The molecule has 0 saturated carbocycles. The van der Waals surface area contributed by atoms with E-state index in [9.17, 15) is 5.11 Å². The average Bonchev–Trinajstić information content (AvgIpc) is 3.02. The molecule has 160 valence electrons. The maximum absolute atomic E-state index is 10.9. The minimum atomic E-state index is -0.160. The molecule has 0 amide bonds. The first-order valence-corrected chi connectivity index (χ1v) is 10.6. The summed E-state index contributed by atoms with van der Waals surface area (Å²) in [6.07, 6.45) is 3.77. The highest BCUT2D eigenvalue weighted by atomic mass is 16.3. The van der Waals surface area contributed by atoms with Gasteiger partial charge < -0.3 is 9.67 Å². The van der Waals surface area contributed by atoms with Gasteiger partial charge in [-0.2, -0.15) is 0 Å². The number of aromatic hydroxyl groups is 1. The fourth-order valence-corrected chi connectivity index (χ4v) is 3.64. The Kier molecular flexibility index (Phi) is 5.34. The number of hydrogen-bond donors (Lipinski definition) is 1. The van der Waals surface area contributed by atoms with E-state index >= 15 is 0 Å². The van der Waals surface area contributed by atoms with E-state index in [0.29, 0.717) is 5.75 Å². The van der Waals surface area contributed by atoms with Crippen molar-refractivity contribution in [2.24, 2.45) is 4.99 Å². The minimum Gasteiger partial charge on any atom is -0.507 e. The standard InChI is InChI=1S/C26H35N3O/c1-24(2,3)19-12-17(13-20(23(19)30)25(4,5)6)15-27-18-10-11-22-21(14-18)28-16-29(22)26(7,8)9/h10-16,30H,1-9H3. The van der Waals surface area contributed by atoms with E-state index in [4.69, 9.17) is 4.99 Å². The molecule has 0 saturated heterocycles. The minimum absolute atomic E-state index is 0.0156. The summed E-state index contributed by atoms with van der Waals surface area (Å²) in [5.41, 5.74) is 5.45. The van der Waals surface area contributed by atoms with Crippen molar-refractivity contribution < 1.29 is 5.11 Å². The monoisotopic (exact) mass is 405 g/mol. The summed E-state index contributed by atoms with van der Waals surface area (Å²) in [5, 5.41) is 10.9. The third-order valence-electron chi connectivity index (χ3n) is 5.36. The van der Waals surface area contributed by atoms with Gasteiger partial charge in [-0.05, 0) is 67.5 Å². The third kappa shape index (κ3) is 4.43. The molecular weight excluding hydrogens is 370 g/mol. The topological polar surface area (TPSA) is 50.4 Å². The van der Waals surface area contributed by atoms with Crippen molar-refractivity contribution in [1.82, 2.24) is 9.55 Å². The largest absolute Gasteiger partial charge is 0.507 e. The van der Waals surface area contributed by atoms with Gasteiger partial charge in [0.1, 0.15) is 5.75 Å². The Balaban J connectivity index is 2.03. The predicted molar refractivity (Wildman–Crippen MR) is 127 cm³/mol. The van der Waals surface area contributed by atoms with Crippen molar-refractivity contribution in [1.29, 1.82) is 0 Å². The summed E-state index contributed by atoms with van der Waals surface area (Å²) in [4.78, 5) is 9.28. The maximum Gasteiger partial charge on any atom is 0.123 e. The van der Waals surface area contributed by atoms with Gasteiger partial charge >= 0.3 is 0 Å². The van der Waals surface area contributed by atoms with Crippen LogP contribution in [0.2, 0.25) is 0 Å². The zero-order chi connectivity index (χ0) is 22.5. The molecule has 0 aliphatic rings. The number of rotatable bonds is 2. The van der Waals surface area contributed by atoms with Crippen molar-refractivity contribution >= 4 is 22.9 Å². The van der Waals surface area contributed by atoms with Gasteiger partial charge in [0.2, 0.25) is 0 Å². The number of imidazole rings is 1. The van der Waals surface area contributed by atoms with E-state index in [1.165, 1.54) is 0 Å². The summed E-state index contributed by atoms with van der Waals surface area (Å²) < 4.78 is 2.18. The van der Waals surface area contributed by atoms with Gasteiger partial charge in [0.05, 0.1) is 23.0 Å². The van der Waals surface area contributed by atoms with E-state index in [1.807, 2.05) is 36.8 Å². The van der Waals surface area contributed by atoms with E-state index in [2.05, 4.69) is 77.9 Å².